The molecule has 0 unspecified atom stereocenters. The molecule has 3 aromatic carbocycles. The molecule has 7 nitrogen and oxygen atoms in total. The van der Waals surface area contributed by atoms with Gasteiger partial charge in [-0.15, -0.1) is 0 Å². The van der Waals surface area contributed by atoms with E-state index in [0.29, 0.717) is 23.5 Å². The van der Waals surface area contributed by atoms with Crippen molar-refractivity contribution in [2.24, 2.45) is 20.5 Å². The van der Waals surface area contributed by atoms with Crippen LogP contribution in [0.1, 0.15) is 62.2 Å². The van der Waals surface area contributed by atoms with Crippen molar-refractivity contribution < 1.29 is 9.53 Å². The topological polar surface area (TPSA) is 79.0 Å². The number of ether oxygens (including phenoxy) is 1. The van der Waals surface area contributed by atoms with Crippen LogP contribution in [-0.4, -0.2) is 25.7 Å². The Morgan fingerprint density at radius 3 is 1.68 bits per heavy atom. The van der Waals surface area contributed by atoms with Crippen molar-refractivity contribution in [1.29, 1.82) is 0 Å². The summed E-state index contributed by atoms with van der Waals surface area (Å²) >= 11 is 0. The lowest BCUT2D eigenvalue weighted by molar-refractivity contribution is 0.0498. The van der Waals surface area contributed by atoms with Gasteiger partial charge in [-0.1, -0.05) is 26.2 Å². The number of rotatable bonds is 11. The number of hydrogen-bond donors (Lipinski definition) is 0. The highest BCUT2D eigenvalue weighted by atomic mass is 16.5. The summed E-state index contributed by atoms with van der Waals surface area (Å²) in [7, 11) is 0. The maximum Gasteiger partial charge on any atom is 0.338 e. The van der Waals surface area contributed by atoms with Crippen LogP contribution in [0.2, 0.25) is 0 Å². The van der Waals surface area contributed by atoms with Gasteiger partial charge in [0.15, 0.2) is 0 Å². The Kier molecular flexibility index (Phi) is 9.93. The average molecular weight is 498 g/mol. The molecule has 7 heteroatoms. The molecule has 0 amide bonds. The van der Waals surface area contributed by atoms with Crippen LogP contribution in [0.25, 0.3) is 0 Å². The molecule has 1 saturated heterocycles. The van der Waals surface area contributed by atoms with Crippen LogP contribution in [0, 0.1) is 0 Å². The first-order chi connectivity index (χ1) is 18.2. The Balaban J connectivity index is 1.26. The van der Waals surface area contributed by atoms with Crippen LogP contribution >= 0.6 is 0 Å². The largest absolute Gasteiger partial charge is 0.462 e. The highest BCUT2D eigenvalue weighted by molar-refractivity contribution is 5.89. The van der Waals surface area contributed by atoms with Crippen LogP contribution in [0.15, 0.2) is 93.3 Å². The molecule has 0 spiro atoms. The van der Waals surface area contributed by atoms with Crippen molar-refractivity contribution in [1.82, 2.24) is 0 Å². The second kappa shape index (κ2) is 14.0. The van der Waals surface area contributed by atoms with Crippen molar-refractivity contribution in [3.8, 4) is 0 Å². The first-order valence-corrected chi connectivity index (χ1v) is 13.3. The second-order valence-electron chi connectivity index (χ2n) is 9.22. The molecule has 0 saturated carbocycles. The van der Waals surface area contributed by atoms with E-state index in [1.165, 1.54) is 24.9 Å². The number of carbonyl (C=O) groups is 1. The molecule has 4 rings (SSSR count). The lowest BCUT2D eigenvalue weighted by Crippen LogP contribution is -2.29. The van der Waals surface area contributed by atoms with Crippen molar-refractivity contribution in [3.05, 3.63) is 78.4 Å². The molecule has 37 heavy (non-hydrogen) atoms. The van der Waals surface area contributed by atoms with Gasteiger partial charge in [0.05, 0.1) is 34.9 Å². The Morgan fingerprint density at radius 1 is 0.676 bits per heavy atom. The Hall–Kier alpha value is -3.87. The van der Waals surface area contributed by atoms with Crippen molar-refractivity contribution >= 4 is 34.4 Å². The molecule has 0 radical (unpaired) electrons. The van der Waals surface area contributed by atoms with Crippen LogP contribution < -0.4 is 4.90 Å². The molecular formula is C30H35N5O2. The van der Waals surface area contributed by atoms with E-state index in [1.807, 2.05) is 36.4 Å². The van der Waals surface area contributed by atoms with E-state index in [2.05, 4.69) is 44.4 Å². The molecule has 0 N–H and O–H groups in total. The summed E-state index contributed by atoms with van der Waals surface area (Å²) in [6.45, 7) is 4.87. The molecule has 0 aliphatic carbocycles. The average Bonchev–Trinajstić information content (AvgIpc) is 2.96. The minimum atomic E-state index is -0.303. The smallest absolute Gasteiger partial charge is 0.338 e. The van der Waals surface area contributed by atoms with Gasteiger partial charge in [0.1, 0.15) is 0 Å². The monoisotopic (exact) mass is 497 g/mol. The minimum absolute atomic E-state index is 0.303. The van der Waals surface area contributed by atoms with E-state index < -0.39 is 0 Å². The van der Waals surface area contributed by atoms with Crippen LogP contribution in [0.3, 0.4) is 0 Å². The van der Waals surface area contributed by atoms with E-state index in [9.17, 15) is 4.79 Å². The van der Waals surface area contributed by atoms with Gasteiger partial charge in [0.2, 0.25) is 0 Å². The van der Waals surface area contributed by atoms with E-state index >= 15 is 0 Å². The number of hydrogen-bond acceptors (Lipinski definition) is 7. The van der Waals surface area contributed by atoms with Crippen molar-refractivity contribution in [2.45, 2.75) is 51.9 Å². The highest BCUT2D eigenvalue weighted by Gasteiger charge is 2.10. The van der Waals surface area contributed by atoms with Crippen molar-refractivity contribution in [3.63, 3.8) is 0 Å². The SMILES string of the molecule is CCCCCCOC(=O)c1ccc(N=Nc2ccc(N=Nc3ccc(N4CCCCC4)cc3)cc2)cc1. The van der Waals surface area contributed by atoms with Gasteiger partial charge in [0.25, 0.3) is 0 Å². The fourth-order valence-corrected chi connectivity index (χ4v) is 4.14. The van der Waals surface area contributed by atoms with Gasteiger partial charge in [-0.25, -0.2) is 4.79 Å². The molecule has 1 aliphatic heterocycles. The third-order valence-corrected chi connectivity index (χ3v) is 6.32. The fourth-order valence-electron chi connectivity index (χ4n) is 4.14. The number of nitrogens with zero attached hydrogens (tertiary/aromatic N) is 5. The van der Waals surface area contributed by atoms with Gasteiger partial charge >= 0.3 is 5.97 Å². The molecule has 192 valence electrons. The lowest BCUT2D eigenvalue weighted by Gasteiger charge is -2.28. The molecule has 1 aliphatic rings. The summed E-state index contributed by atoms with van der Waals surface area (Å²) in [5, 5.41) is 17.2. The quantitative estimate of drug-likeness (QED) is 0.150. The number of unbranched alkanes of at least 4 members (excludes halogenated alkanes) is 3. The lowest BCUT2D eigenvalue weighted by atomic mass is 10.1. The summed E-state index contributed by atoms with van der Waals surface area (Å²) in [5.74, 6) is -0.303. The molecule has 1 heterocycles. The number of anilines is 1. The predicted octanol–water partition coefficient (Wildman–Crippen LogP) is 9.24. The second-order valence-corrected chi connectivity index (χ2v) is 9.22. The molecular weight excluding hydrogens is 462 g/mol. The van der Waals surface area contributed by atoms with E-state index in [-0.39, 0.29) is 5.97 Å². The summed E-state index contributed by atoms with van der Waals surface area (Å²) in [6.07, 6.45) is 8.16. The molecule has 1 fully saturated rings. The molecule has 0 atom stereocenters. The third-order valence-electron chi connectivity index (χ3n) is 6.32. The number of esters is 1. The number of benzene rings is 3. The van der Waals surface area contributed by atoms with Gasteiger partial charge < -0.3 is 9.64 Å². The molecule has 3 aromatic rings. The Morgan fingerprint density at radius 2 is 1.16 bits per heavy atom. The van der Waals surface area contributed by atoms with Gasteiger partial charge in [0, 0.05) is 18.8 Å². The summed E-state index contributed by atoms with van der Waals surface area (Å²) in [4.78, 5) is 14.6. The summed E-state index contributed by atoms with van der Waals surface area (Å²) in [6, 6.07) is 22.6. The van der Waals surface area contributed by atoms with E-state index in [1.54, 1.807) is 24.3 Å². The Labute approximate surface area is 219 Å². The summed E-state index contributed by atoms with van der Waals surface area (Å²) < 4.78 is 5.32. The van der Waals surface area contributed by atoms with Crippen molar-refractivity contribution in [2.75, 3.05) is 24.6 Å². The normalized spacial score (nSPS) is 13.9. The van der Waals surface area contributed by atoms with Gasteiger partial charge in [-0.05, 0) is 98.5 Å². The van der Waals surface area contributed by atoms with Gasteiger partial charge in [-0.3, -0.25) is 0 Å². The molecule has 0 bridgehead atoms. The number of azo groups is 2. The fraction of sp³-hybridized carbons (Fsp3) is 0.367. The van der Waals surface area contributed by atoms with Gasteiger partial charge in [-0.2, -0.15) is 20.5 Å². The zero-order valence-corrected chi connectivity index (χ0v) is 21.6. The van der Waals surface area contributed by atoms with Crippen LogP contribution in [0.4, 0.5) is 28.4 Å². The highest BCUT2D eigenvalue weighted by Crippen LogP contribution is 2.26. The van der Waals surface area contributed by atoms with Crippen LogP contribution in [-0.2, 0) is 4.74 Å². The number of piperidine rings is 1. The zero-order chi connectivity index (χ0) is 25.7. The predicted molar refractivity (Wildman–Crippen MR) is 148 cm³/mol. The van der Waals surface area contributed by atoms with Crippen LogP contribution in [0.5, 0.6) is 0 Å². The maximum atomic E-state index is 12.1. The Bertz CT molecular complexity index is 1170. The number of carbonyl (C=O) groups excluding carboxylic acids is 1. The zero-order valence-electron chi connectivity index (χ0n) is 21.6. The molecule has 0 aromatic heterocycles. The maximum absolute atomic E-state index is 12.1. The summed E-state index contributed by atoms with van der Waals surface area (Å²) in [5.41, 5.74) is 4.72. The minimum Gasteiger partial charge on any atom is -0.462 e. The first kappa shape index (κ1) is 26.2. The standard InChI is InChI=1S/C30H35N5O2/c1-2-3-4-8-23-37-30(36)24-9-11-25(12-10-24)31-32-26-13-15-27(16-14-26)33-34-28-17-19-29(20-18-28)35-21-6-5-7-22-35/h9-20H,2-8,21-23H2,1H3. The van der Waals surface area contributed by atoms with E-state index in [4.69, 9.17) is 4.74 Å². The third kappa shape index (κ3) is 8.34. The first-order valence-electron chi connectivity index (χ1n) is 13.3. The van der Waals surface area contributed by atoms with E-state index in [0.717, 1.165) is 50.1 Å².